The van der Waals surface area contributed by atoms with Gasteiger partial charge in [0.1, 0.15) is 11.9 Å². The van der Waals surface area contributed by atoms with Gasteiger partial charge in [0.25, 0.3) is 10.0 Å². The monoisotopic (exact) mass is 337 g/mol. The SMILES string of the molecule is CC(C)CC(N=C1NS(=O)(=O)c2ccccc21)C(=O)NC(C)C. The number of aliphatic imine (C=N–C) groups is 1. The Labute approximate surface area is 137 Å². The number of benzene rings is 1. The summed E-state index contributed by atoms with van der Waals surface area (Å²) in [5, 5.41) is 2.84. The van der Waals surface area contributed by atoms with Crippen molar-refractivity contribution < 1.29 is 13.2 Å². The van der Waals surface area contributed by atoms with E-state index in [1.54, 1.807) is 18.2 Å². The maximum absolute atomic E-state index is 12.4. The van der Waals surface area contributed by atoms with E-state index in [0.717, 1.165) is 0 Å². The van der Waals surface area contributed by atoms with E-state index >= 15 is 0 Å². The molecule has 0 spiro atoms. The van der Waals surface area contributed by atoms with E-state index < -0.39 is 16.1 Å². The molecule has 2 N–H and O–H groups in total. The van der Waals surface area contributed by atoms with Gasteiger partial charge in [0.15, 0.2) is 0 Å². The molecule has 1 aliphatic heterocycles. The molecule has 1 unspecified atom stereocenters. The Morgan fingerprint density at radius 3 is 2.48 bits per heavy atom. The molecule has 1 heterocycles. The third-order valence-electron chi connectivity index (χ3n) is 3.38. The van der Waals surface area contributed by atoms with Crippen LogP contribution in [-0.2, 0) is 14.8 Å². The predicted octanol–water partition coefficient (Wildman–Crippen LogP) is 1.66. The Morgan fingerprint density at radius 1 is 1.22 bits per heavy atom. The summed E-state index contributed by atoms with van der Waals surface area (Å²) in [7, 11) is -3.59. The van der Waals surface area contributed by atoms with Crippen LogP contribution in [0.5, 0.6) is 0 Å². The first kappa shape index (κ1) is 17.5. The first-order valence-electron chi connectivity index (χ1n) is 7.71. The smallest absolute Gasteiger partial charge is 0.263 e. The van der Waals surface area contributed by atoms with Crippen molar-refractivity contribution in [1.82, 2.24) is 10.0 Å². The summed E-state index contributed by atoms with van der Waals surface area (Å²) in [6.07, 6.45) is 0.548. The number of nitrogens with one attached hydrogen (secondary N) is 2. The van der Waals surface area contributed by atoms with Crippen LogP contribution in [0.1, 0.15) is 39.7 Å². The van der Waals surface area contributed by atoms with Gasteiger partial charge in [-0.25, -0.2) is 8.42 Å². The van der Waals surface area contributed by atoms with E-state index in [0.29, 0.717) is 12.0 Å². The zero-order valence-electron chi connectivity index (χ0n) is 13.8. The summed E-state index contributed by atoms with van der Waals surface area (Å²) >= 11 is 0. The highest BCUT2D eigenvalue weighted by atomic mass is 32.2. The number of nitrogens with zero attached hydrogens (tertiary/aromatic N) is 1. The number of rotatable bonds is 5. The summed E-state index contributed by atoms with van der Waals surface area (Å²) in [6.45, 7) is 7.77. The van der Waals surface area contributed by atoms with Crippen molar-refractivity contribution >= 4 is 21.8 Å². The molecular formula is C16H23N3O3S. The van der Waals surface area contributed by atoms with Crippen LogP contribution in [-0.4, -0.2) is 32.2 Å². The molecule has 1 aliphatic rings. The normalized spacial score (nSPS) is 18.8. The highest BCUT2D eigenvalue weighted by Gasteiger charge is 2.32. The summed E-state index contributed by atoms with van der Waals surface area (Å²) in [5.41, 5.74) is 0.513. The molecular weight excluding hydrogens is 314 g/mol. The lowest BCUT2D eigenvalue weighted by atomic mass is 10.0. The molecule has 23 heavy (non-hydrogen) atoms. The van der Waals surface area contributed by atoms with Crippen molar-refractivity contribution in [3.63, 3.8) is 0 Å². The largest absolute Gasteiger partial charge is 0.352 e. The van der Waals surface area contributed by atoms with Gasteiger partial charge in [0.2, 0.25) is 5.91 Å². The number of amidine groups is 1. The number of amides is 1. The molecule has 1 aromatic rings. The number of hydrogen-bond donors (Lipinski definition) is 2. The maximum Gasteiger partial charge on any atom is 0.263 e. The Balaban J connectivity index is 2.38. The molecule has 0 aromatic heterocycles. The molecule has 126 valence electrons. The highest BCUT2D eigenvalue weighted by molar-refractivity contribution is 7.90. The molecule has 1 atom stereocenters. The van der Waals surface area contributed by atoms with Crippen LogP contribution in [0, 0.1) is 5.92 Å². The third-order valence-corrected chi connectivity index (χ3v) is 4.77. The second-order valence-electron chi connectivity index (χ2n) is 6.39. The molecule has 2 rings (SSSR count). The van der Waals surface area contributed by atoms with E-state index in [9.17, 15) is 13.2 Å². The average molecular weight is 337 g/mol. The van der Waals surface area contributed by atoms with Gasteiger partial charge in [-0.15, -0.1) is 0 Å². The minimum atomic E-state index is -3.59. The highest BCUT2D eigenvalue weighted by Crippen LogP contribution is 2.23. The average Bonchev–Trinajstić information content (AvgIpc) is 2.69. The Kier molecular flexibility index (Phi) is 5.09. The topological polar surface area (TPSA) is 87.6 Å². The summed E-state index contributed by atoms with van der Waals surface area (Å²) in [5.74, 6) is 0.311. The summed E-state index contributed by atoms with van der Waals surface area (Å²) < 4.78 is 26.7. The minimum absolute atomic E-state index is 0.00455. The van der Waals surface area contributed by atoms with Gasteiger partial charge >= 0.3 is 0 Å². The molecule has 0 aliphatic carbocycles. The number of sulfonamides is 1. The third kappa shape index (κ3) is 4.10. The van der Waals surface area contributed by atoms with Gasteiger partial charge in [0, 0.05) is 11.6 Å². The van der Waals surface area contributed by atoms with Crippen LogP contribution in [0.25, 0.3) is 0 Å². The fourth-order valence-electron chi connectivity index (χ4n) is 2.43. The fourth-order valence-corrected chi connectivity index (χ4v) is 3.67. The van der Waals surface area contributed by atoms with Crippen LogP contribution in [0.2, 0.25) is 0 Å². The first-order chi connectivity index (χ1) is 10.7. The molecule has 0 fully saturated rings. The first-order valence-corrected chi connectivity index (χ1v) is 9.19. The zero-order valence-corrected chi connectivity index (χ0v) is 14.6. The van der Waals surface area contributed by atoms with Crippen molar-refractivity contribution in [3.05, 3.63) is 29.8 Å². The Hall–Kier alpha value is -1.89. The van der Waals surface area contributed by atoms with Crippen molar-refractivity contribution in [2.45, 2.75) is 51.1 Å². The van der Waals surface area contributed by atoms with Gasteiger partial charge in [-0.2, -0.15) is 0 Å². The molecule has 7 heteroatoms. The Morgan fingerprint density at radius 2 is 1.87 bits per heavy atom. The van der Waals surface area contributed by atoms with Crippen LogP contribution in [0.4, 0.5) is 0 Å². The molecule has 1 aromatic carbocycles. The predicted molar refractivity (Wildman–Crippen MR) is 89.8 cm³/mol. The second-order valence-corrected chi connectivity index (χ2v) is 8.04. The van der Waals surface area contributed by atoms with Crippen molar-refractivity contribution in [2.75, 3.05) is 0 Å². The van der Waals surface area contributed by atoms with E-state index in [2.05, 4.69) is 15.0 Å². The molecule has 1 amide bonds. The lowest BCUT2D eigenvalue weighted by Crippen LogP contribution is -2.39. The van der Waals surface area contributed by atoms with Crippen LogP contribution < -0.4 is 10.0 Å². The molecule has 0 saturated carbocycles. The molecule has 0 saturated heterocycles. The standard InChI is InChI=1S/C16H23N3O3S/c1-10(2)9-13(16(20)17-11(3)4)18-15-12-7-5-6-8-14(12)23(21,22)19-15/h5-8,10-11,13H,9H2,1-4H3,(H,17,20)(H,18,19). The van der Waals surface area contributed by atoms with Gasteiger partial charge in [-0.1, -0.05) is 26.0 Å². The molecule has 0 radical (unpaired) electrons. The Bertz CT molecular complexity index is 724. The zero-order chi connectivity index (χ0) is 17.2. The van der Waals surface area contributed by atoms with E-state index in [1.165, 1.54) is 6.07 Å². The summed E-state index contributed by atoms with van der Waals surface area (Å²) in [4.78, 5) is 17.0. The van der Waals surface area contributed by atoms with Crippen LogP contribution in [0.3, 0.4) is 0 Å². The van der Waals surface area contributed by atoms with Gasteiger partial charge < -0.3 is 5.32 Å². The number of carbonyl (C=O) groups excluding carboxylic acids is 1. The summed E-state index contributed by atoms with van der Waals surface area (Å²) in [6, 6.07) is 6.02. The van der Waals surface area contributed by atoms with E-state index in [-0.39, 0.29) is 28.6 Å². The number of fused-ring (bicyclic) bond motifs is 1. The quantitative estimate of drug-likeness (QED) is 0.856. The lowest BCUT2D eigenvalue weighted by Gasteiger charge is -2.17. The lowest BCUT2D eigenvalue weighted by molar-refractivity contribution is -0.123. The fraction of sp³-hybridized carbons (Fsp3) is 0.500. The van der Waals surface area contributed by atoms with Crippen molar-refractivity contribution in [1.29, 1.82) is 0 Å². The maximum atomic E-state index is 12.4. The molecule has 6 nitrogen and oxygen atoms in total. The number of hydrogen-bond acceptors (Lipinski definition) is 4. The van der Waals surface area contributed by atoms with E-state index in [1.807, 2.05) is 27.7 Å². The number of carbonyl (C=O) groups is 1. The van der Waals surface area contributed by atoms with E-state index in [4.69, 9.17) is 0 Å². The molecule has 0 bridgehead atoms. The van der Waals surface area contributed by atoms with Gasteiger partial charge in [-0.05, 0) is 38.3 Å². The van der Waals surface area contributed by atoms with Crippen LogP contribution >= 0.6 is 0 Å². The van der Waals surface area contributed by atoms with Crippen LogP contribution in [0.15, 0.2) is 34.2 Å². The second kappa shape index (κ2) is 6.70. The van der Waals surface area contributed by atoms with Gasteiger partial charge in [-0.3, -0.25) is 14.5 Å². The van der Waals surface area contributed by atoms with Crippen molar-refractivity contribution in [3.8, 4) is 0 Å². The van der Waals surface area contributed by atoms with Gasteiger partial charge in [0.05, 0.1) is 4.90 Å². The van der Waals surface area contributed by atoms with Crippen molar-refractivity contribution in [2.24, 2.45) is 10.9 Å². The minimum Gasteiger partial charge on any atom is -0.352 e.